The van der Waals surface area contributed by atoms with Gasteiger partial charge in [-0.15, -0.1) is 0 Å². The molecule has 2 fully saturated rings. The second kappa shape index (κ2) is 12.0. The minimum atomic E-state index is -3.60. The molecule has 1 unspecified atom stereocenters. The van der Waals surface area contributed by atoms with E-state index >= 15 is 0 Å². The van der Waals surface area contributed by atoms with Gasteiger partial charge >= 0.3 is 0 Å². The van der Waals surface area contributed by atoms with E-state index in [4.69, 9.17) is 9.47 Å². The van der Waals surface area contributed by atoms with Crippen molar-refractivity contribution in [1.29, 1.82) is 0 Å². The predicted molar refractivity (Wildman–Crippen MR) is 128 cm³/mol. The van der Waals surface area contributed by atoms with Crippen LogP contribution in [0.1, 0.15) is 39.5 Å². The number of hydrogen-bond acceptors (Lipinski definition) is 6. The molecule has 0 radical (unpaired) electrons. The van der Waals surface area contributed by atoms with Gasteiger partial charge in [-0.05, 0) is 61.8 Å². The lowest BCUT2D eigenvalue weighted by Crippen LogP contribution is -2.55. The first-order chi connectivity index (χ1) is 16.2. The molecule has 1 atom stereocenters. The number of rotatable bonds is 9. The van der Waals surface area contributed by atoms with Gasteiger partial charge in [0.25, 0.3) is 0 Å². The first-order valence-electron chi connectivity index (χ1n) is 12.0. The molecule has 0 spiro atoms. The maximum Gasteiger partial charge on any atom is 0.245 e. The van der Waals surface area contributed by atoms with E-state index in [1.807, 2.05) is 13.8 Å². The highest BCUT2D eigenvalue weighted by molar-refractivity contribution is 7.89. The summed E-state index contributed by atoms with van der Waals surface area (Å²) in [6.45, 7) is 6.37. The first kappa shape index (κ1) is 26.4. The highest BCUT2D eigenvalue weighted by atomic mass is 32.2. The van der Waals surface area contributed by atoms with Crippen molar-refractivity contribution < 1.29 is 27.5 Å². The first-order valence-corrected chi connectivity index (χ1v) is 13.5. The van der Waals surface area contributed by atoms with E-state index in [0.717, 1.165) is 12.8 Å². The third-order valence-electron chi connectivity index (χ3n) is 6.70. The molecule has 1 aromatic rings. The molecule has 9 nitrogen and oxygen atoms in total. The van der Waals surface area contributed by atoms with E-state index in [-0.39, 0.29) is 34.5 Å². The summed E-state index contributed by atoms with van der Waals surface area (Å²) in [5.74, 6) is 0.469. The quantitative estimate of drug-likeness (QED) is 0.540. The summed E-state index contributed by atoms with van der Waals surface area (Å²) in [5.41, 5.74) is 0. The number of morpholine rings is 1. The normalized spacial score (nSPS) is 22.3. The zero-order valence-corrected chi connectivity index (χ0v) is 21.1. The minimum absolute atomic E-state index is 0.0111. The van der Waals surface area contributed by atoms with Crippen molar-refractivity contribution in [3.63, 3.8) is 0 Å². The SMILES string of the molecule is COc1ccc(S(=O)(=O)NCC2CCC(C(=O)NC(C(=O)N3CCOCC3)C(C)C)CC2)cc1. The number of carbonyl (C=O) groups is 2. The number of carbonyl (C=O) groups excluding carboxylic acids is 2. The van der Waals surface area contributed by atoms with Crippen molar-refractivity contribution in [3.05, 3.63) is 24.3 Å². The zero-order valence-electron chi connectivity index (χ0n) is 20.3. The fraction of sp³-hybridized carbons (Fsp3) is 0.667. The number of sulfonamides is 1. The lowest BCUT2D eigenvalue weighted by atomic mass is 9.81. The molecule has 190 valence electrons. The van der Waals surface area contributed by atoms with E-state index in [1.165, 1.54) is 19.2 Å². The van der Waals surface area contributed by atoms with Crippen LogP contribution in [0.4, 0.5) is 0 Å². The molecule has 1 aromatic carbocycles. The molecular weight excluding hydrogens is 458 g/mol. The molecule has 1 aliphatic carbocycles. The predicted octanol–water partition coefficient (Wildman–Crippen LogP) is 1.78. The standard InChI is InChI=1S/C24H37N3O6S/c1-17(2)22(24(29)27-12-14-33-15-13-27)26-23(28)19-6-4-18(5-7-19)16-25-34(30,31)21-10-8-20(32-3)9-11-21/h8-11,17-19,22,25H,4-7,12-16H2,1-3H3,(H,26,28). The second-order valence-electron chi connectivity index (χ2n) is 9.41. The highest BCUT2D eigenvalue weighted by Crippen LogP contribution is 2.29. The Kier molecular flexibility index (Phi) is 9.32. The zero-order chi connectivity index (χ0) is 24.7. The summed E-state index contributed by atoms with van der Waals surface area (Å²) in [5, 5.41) is 2.99. The molecular formula is C24H37N3O6S. The molecule has 2 amide bonds. The molecule has 34 heavy (non-hydrogen) atoms. The summed E-state index contributed by atoms with van der Waals surface area (Å²) >= 11 is 0. The van der Waals surface area contributed by atoms with Gasteiger partial charge in [-0.25, -0.2) is 13.1 Å². The van der Waals surface area contributed by atoms with Crippen LogP contribution in [0.25, 0.3) is 0 Å². The number of amides is 2. The van der Waals surface area contributed by atoms with Gasteiger partial charge in [0.05, 0.1) is 25.2 Å². The lowest BCUT2D eigenvalue weighted by Gasteiger charge is -2.34. The summed E-state index contributed by atoms with van der Waals surface area (Å²) in [7, 11) is -2.07. The smallest absolute Gasteiger partial charge is 0.245 e. The molecule has 3 rings (SSSR count). The Bertz CT molecular complexity index is 921. The molecule has 10 heteroatoms. The van der Waals surface area contributed by atoms with E-state index in [0.29, 0.717) is 51.4 Å². The summed E-state index contributed by atoms with van der Waals surface area (Å²) in [4.78, 5) is 27.8. The van der Waals surface area contributed by atoms with Crippen LogP contribution in [0.2, 0.25) is 0 Å². The van der Waals surface area contributed by atoms with Crippen LogP contribution in [0.15, 0.2) is 29.2 Å². The van der Waals surface area contributed by atoms with E-state index in [2.05, 4.69) is 10.0 Å². The Morgan fingerprint density at radius 3 is 2.26 bits per heavy atom. The van der Waals surface area contributed by atoms with Crippen molar-refractivity contribution in [2.75, 3.05) is 40.0 Å². The van der Waals surface area contributed by atoms with Crippen LogP contribution in [-0.2, 0) is 24.3 Å². The van der Waals surface area contributed by atoms with E-state index in [1.54, 1.807) is 17.0 Å². The Balaban J connectivity index is 1.47. The van der Waals surface area contributed by atoms with Gasteiger partial charge in [0, 0.05) is 25.6 Å². The monoisotopic (exact) mass is 495 g/mol. The molecule has 1 saturated carbocycles. The number of benzene rings is 1. The topological polar surface area (TPSA) is 114 Å². The van der Waals surface area contributed by atoms with Crippen molar-refractivity contribution >= 4 is 21.8 Å². The maximum atomic E-state index is 12.9. The van der Waals surface area contributed by atoms with Crippen molar-refractivity contribution in [1.82, 2.24) is 14.9 Å². The van der Waals surface area contributed by atoms with Crippen LogP contribution in [0.5, 0.6) is 5.75 Å². The van der Waals surface area contributed by atoms with Gasteiger partial charge in [-0.1, -0.05) is 13.8 Å². The number of hydrogen-bond donors (Lipinski definition) is 2. The van der Waals surface area contributed by atoms with Crippen LogP contribution >= 0.6 is 0 Å². The highest BCUT2D eigenvalue weighted by Gasteiger charge is 2.33. The summed E-state index contributed by atoms with van der Waals surface area (Å²) < 4.78 is 38.2. The van der Waals surface area contributed by atoms with Gasteiger partial charge in [-0.2, -0.15) is 0 Å². The summed E-state index contributed by atoms with van der Waals surface area (Å²) in [6, 6.07) is 5.73. The average Bonchev–Trinajstić information content (AvgIpc) is 2.86. The number of nitrogens with one attached hydrogen (secondary N) is 2. The fourth-order valence-electron chi connectivity index (χ4n) is 4.46. The molecule has 0 bridgehead atoms. The van der Waals surface area contributed by atoms with Gasteiger partial charge in [0.15, 0.2) is 0 Å². The minimum Gasteiger partial charge on any atom is -0.497 e. The Morgan fingerprint density at radius 2 is 1.71 bits per heavy atom. The Labute approximate surface area is 202 Å². The van der Waals surface area contributed by atoms with E-state index in [9.17, 15) is 18.0 Å². The third-order valence-corrected chi connectivity index (χ3v) is 8.14. The van der Waals surface area contributed by atoms with E-state index < -0.39 is 16.1 Å². The van der Waals surface area contributed by atoms with Gasteiger partial charge in [0.1, 0.15) is 11.8 Å². The molecule has 1 aliphatic heterocycles. The molecule has 1 saturated heterocycles. The molecule has 2 N–H and O–H groups in total. The van der Waals surface area contributed by atoms with Crippen LogP contribution < -0.4 is 14.8 Å². The lowest BCUT2D eigenvalue weighted by molar-refractivity contribution is -0.142. The number of ether oxygens (including phenoxy) is 2. The second-order valence-corrected chi connectivity index (χ2v) is 11.2. The fourth-order valence-corrected chi connectivity index (χ4v) is 5.58. The van der Waals surface area contributed by atoms with Crippen LogP contribution in [0, 0.1) is 17.8 Å². The average molecular weight is 496 g/mol. The van der Waals surface area contributed by atoms with Crippen LogP contribution in [-0.4, -0.2) is 71.1 Å². The van der Waals surface area contributed by atoms with Crippen molar-refractivity contribution in [3.8, 4) is 5.75 Å². The van der Waals surface area contributed by atoms with Gasteiger partial charge in [-0.3, -0.25) is 9.59 Å². The largest absolute Gasteiger partial charge is 0.497 e. The molecule has 0 aromatic heterocycles. The van der Waals surface area contributed by atoms with Crippen LogP contribution in [0.3, 0.4) is 0 Å². The Hall–Kier alpha value is -2.17. The van der Waals surface area contributed by atoms with Crippen molar-refractivity contribution in [2.24, 2.45) is 17.8 Å². The maximum absolute atomic E-state index is 12.9. The number of nitrogens with zero attached hydrogens (tertiary/aromatic N) is 1. The van der Waals surface area contributed by atoms with Gasteiger partial charge < -0.3 is 19.7 Å². The Morgan fingerprint density at radius 1 is 1.09 bits per heavy atom. The molecule has 1 heterocycles. The van der Waals surface area contributed by atoms with Crippen molar-refractivity contribution in [2.45, 2.75) is 50.5 Å². The third kappa shape index (κ3) is 6.93. The molecule has 2 aliphatic rings. The summed E-state index contributed by atoms with van der Waals surface area (Å²) in [6.07, 6.45) is 2.87. The van der Waals surface area contributed by atoms with Gasteiger partial charge in [0.2, 0.25) is 21.8 Å². The number of methoxy groups -OCH3 is 1.